The zero-order valence-electron chi connectivity index (χ0n) is 15.8. The molecule has 1 fully saturated rings. The summed E-state index contributed by atoms with van der Waals surface area (Å²) in [5, 5.41) is 14.3. The van der Waals surface area contributed by atoms with Gasteiger partial charge in [-0.15, -0.1) is 0 Å². The molecule has 3 aromatic rings. The first-order valence-corrected chi connectivity index (χ1v) is 9.67. The summed E-state index contributed by atoms with van der Waals surface area (Å²) in [5.41, 5.74) is 2.19. The Hall–Kier alpha value is -3.42. The van der Waals surface area contributed by atoms with E-state index in [0.29, 0.717) is 17.3 Å². The van der Waals surface area contributed by atoms with E-state index in [1.165, 1.54) is 12.1 Å². The quantitative estimate of drug-likeness (QED) is 0.440. The molecule has 1 saturated heterocycles. The van der Waals surface area contributed by atoms with E-state index in [2.05, 4.69) is 5.32 Å². The number of nitrogens with zero attached hydrogens (tertiary/aromatic N) is 2. The van der Waals surface area contributed by atoms with Crippen LogP contribution < -0.4 is 5.32 Å². The average molecular weight is 424 g/mol. The first-order valence-electron chi connectivity index (χ1n) is 9.29. The molecule has 8 heteroatoms. The van der Waals surface area contributed by atoms with E-state index in [1.807, 2.05) is 30.3 Å². The predicted molar refractivity (Wildman–Crippen MR) is 113 cm³/mol. The molecule has 4 rings (SSSR count). The Labute approximate surface area is 178 Å². The Kier molecular flexibility index (Phi) is 5.65. The molecule has 7 nitrogen and oxygen atoms in total. The topological polar surface area (TPSA) is 84.7 Å². The van der Waals surface area contributed by atoms with Crippen molar-refractivity contribution in [3.63, 3.8) is 0 Å². The first-order chi connectivity index (χ1) is 14.5. The molecule has 0 saturated carbocycles. The first kappa shape index (κ1) is 19.9. The number of carbonyl (C=O) groups excluding carboxylic acids is 1. The van der Waals surface area contributed by atoms with Crippen LogP contribution >= 0.6 is 11.6 Å². The molecule has 1 N–H and O–H groups in total. The monoisotopic (exact) mass is 423 g/mol. The van der Waals surface area contributed by atoms with Crippen molar-refractivity contribution in [1.82, 2.24) is 4.90 Å². The number of amides is 2. The second-order valence-corrected chi connectivity index (χ2v) is 7.27. The van der Waals surface area contributed by atoms with Crippen LogP contribution in [0.3, 0.4) is 0 Å². The molecule has 2 atom stereocenters. The maximum atomic E-state index is 13.0. The van der Waals surface area contributed by atoms with Crippen LogP contribution in [0.1, 0.15) is 23.5 Å². The van der Waals surface area contributed by atoms with Gasteiger partial charge in [0.25, 0.3) is 5.69 Å². The second-order valence-electron chi connectivity index (χ2n) is 6.83. The molecule has 2 amide bonds. The number of anilines is 1. The van der Waals surface area contributed by atoms with Gasteiger partial charge in [-0.05, 0) is 35.9 Å². The van der Waals surface area contributed by atoms with Crippen LogP contribution in [-0.4, -0.2) is 22.4 Å². The van der Waals surface area contributed by atoms with Gasteiger partial charge in [0, 0.05) is 28.4 Å². The van der Waals surface area contributed by atoms with Crippen molar-refractivity contribution in [3.05, 3.63) is 105 Å². The average Bonchev–Trinajstić information content (AvgIpc) is 3.20. The lowest BCUT2D eigenvalue weighted by Gasteiger charge is -2.23. The lowest BCUT2D eigenvalue weighted by Crippen LogP contribution is -2.35. The normalized spacial score (nSPS) is 18.2. The molecule has 3 aromatic carbocycles. The smallest absolute Gasteiger partial charge is 0.324 e. The fourth-order valence-electron chi connectivity index (χ4n) is 3.37. The molecule has 0 unspecified atom stereocenters. The second kappa shape index (κ2) is 8.52. The van der Waals surface area contributed by atoms with Gasteiger partial charge in [0.1, 0.15) is 6.10 Å². The number of carbonyl (C=O) groups is 1. The summed E-state index contributed by atoms with van der Waals surface area (Å²) >= 11 is 6.01. The lowest BCUT2D eigenvalue weighted by atomic mass is 10.1. The van der Waals surface area contributed by atoms with E-state index in [4.69, 9.17) is 16.3 Å². The summed E-state index contributed by atoms with van der Waals surface area (Å²) in [4.78, 5) is 25.1. The number of nitro groups is 1. The third-order valence-corrected chi connectivity index (χ3v) is 5.07. The highest BCUT2D eigenvalue weighted by molar-refractivity contribution is 6.30. The molecule has 0 aliphatic carbocycles. The molecule has 1 aliphatic rings. The number of benzene rings is 3. The van der Waals surface area contributed by atoms with E-state index < -0.39 is 17.3 Å². The summed E-state index contributed by atoms with van der Waals surface area (Å²) in [7, 11) is 0. The molecule has 152 valence electrons. The van der Waals surface area contributed by atoms with E-state index in [1.54, 1.807) is 41.3 Å². The van der Waals surface area contributed by atoms with Gasteiger partial charge in [-0.2, -0.15) is 0 Å². The highest BCUT2D eigenvalue weighted by atomic mass is 35.5. The zero-order chi connectivity index (χ0) is 21.1. The van der Waals surface area contributed by atoms with Crippen molar-refractivity contribution < 1.29 is 14.5 Å². The van der Waals surface area contributed by atoms with Crippen molar-refractivity contribution in [2.24, 2.45) is 0 Å². The summed E-state index contributed by atoms with van der Waals surface area (Å²) < 4.78 is 6.20. The van der Waals surface area contributed by atoms with E-state index in [0.717, 1.165) is 11.1 Å². The molecule has 0 bridgehead atoms. The third-order valence-electron chi connectivity index (χ3n) is 4.84. The fraction of sp³-hybridized carbons (Fsp3) is 0.136. The molecule has 1 aliphatic heterocycles. The molecule has 0 radical (unpaired) electrons. The Morgan fingerprint density at radius 3 is 2.43 bits per heavy atom. The molecular weight excluding hydrogens is 406 g/mol. The van der Waals surface area contributed by atoms with Crippen LogP contribution in [0.25, 0.3) is 0 Å². The van der Waals surface area contributed by atoms with Gasteiger partial charge in [-0.1, -0.05) is 48.0 Å². The molecule has 0 aromatic heterocycles. The minimum Gasteiger partial charge on any atom is -0.344 e. The molecule has 0 spiro atoms. The Morgan fingerprint density at radius 2 is 1.77 bits per heavy atom. The SMILES string of the molecule is O=C(Nc1cccc(Cl)c1)N1C[C@H](c2ccc([N+](=O)[O-])cc2)O[C@@H]1c1ccccc1. The van der Waals surface area contributed by atoms with Gasteiger partial charge >= 0.3 is 6.03 Å². The van der Waals surface area contributed by atoms with Crippen LogP contribution in [0, 0.1) is 10.1 Å². The summed E-state index contributed by atoms with van der Waals surface area (Å²) in [6.07, 6.45) is -1.01. The minimum absolute atomic E-state index is 0.00640. The number of nitro benzene ring substituents is 1. The van der Waals surface area contributed by atoms with Crippen molar-refractivity contribution in [3.8, 4) is 0 Å². The number of non-ortho nitro benzene ring substituents is 1. The summed E-state index contributed by atoms with van der Waals surface area (Å²) in [5.74, 6) is 0. The maximum absolute atomic E-state index is 13.0. The van der Waals surface area contributed by atoms with Crippen LogP contribution in [0.4, 0.5) is 16.2 Å². The largest absolute Gasteiger partial charge is 0.344 e. The number of hydrogen-bond donors (Lipinski definition) is 1. The van der Waals surface area contributed by atoms with Gasteiger partial charge in [0.2, 0.25) is 0 Å². The van der Waals surface area contributed by atoms with Crippen LogP contribution in [0.5, 0.6) is 0 Å². The summed E-state index contributed by atoms with van der Waals surface area (Å²) in [6.45, 7) is 0.295. The Balaban J connectivity index is 1.59. The minimum atomic E-state index is -0.592. The van der Waals surface area contributed by atoms with Gasteiger partial charge in [-0.3, -0.25) is 15.0 Å². The molecular formula is C22H18ClN3O4. The highest BCUT2D eigenvalue weighted by Crippen LogP contribution is 2.38. The van der Waals surface area contributed by atoms with Crippen molar-refractivity contribution in [1.29, 1.82) is 0 Å². The third kappa shape index (κ3) is 4.27. The Bertz CT molecular complexity index is 1060. The number of rotatable bonds is 4. The standard InChI is InChI=1S/C22H18ClN3O4/c23-17-7-4-8-18(13-17)24-22(27)25-14-20(15-9-11-19(12-10-15)26(28)29)30-21(25)16-5-2-1-3-6-16/h1-13,20-21H,14H2,(H,24,27)/t20-,21-/m1/s1. The van der Waals surface area contributed by atoms with Crippen molar-refractivity contribution in [2.45, 2.75) is 12.3 Å². The number of ether oxygens (including phenoxy) is 1. The van der Waals surface area contributed by atoms with Gasteiger partial charge < -0.3 is 10.1 Å². The number of hydrogen-bond acceptors (Lipinski definition) is 4. The number of nitrogens with one attached hydrogen (secondary N) is 1. The molecule has 30 heavy (non-hydrogen) atoms. The molecule has 1 heterocycles. The van der Waals surface area contributed by atoms with E-state index >= 15 is 0 Å². The summed E-state index contributed by atoms with van der Waals surface area (Å²) in [6, 6.07) is 22.2. The van der Waals surface area contributed by atoms with E-state index in [-0.39, 0.29) is 11.7 Å². The highest BCUT2D eigenvalue weighted by Gasteiger charge is 2.38. The van der Waals surface area contributed by atoms with Gasteiger partial charge in [0.15, 0.2) is 6.23 Å². The number of halogens is 1. The van der Waals surface area contributed by atoms with Crippen molar-refractivity contribution in [2.75, 3.05) is 11.9 Å². The Morgan fingerprint density at radius 1 is 1.03 bits per heavy atom. The van der Waals surface area contributed by atoms with Crippen LogP contribution in [-0.2, 0) is 4.74 Å². The van der Waals surface area contributed by atoms with E-state index in [9.17, 15) is 14.9 Å². The number of urea groups is 1. The van der Waals surface area contributed by atoms with Gasteiger partial charge in [-0.25, -0.2) is 4.79 Å². The predicted octanol–water partition coefficient (Wildman–Crippen LogP) is 5.55. The fourth-order valence-corrected chi connectivity index (χ4v) is 3.56. The van der Waals surface area contributed by atoms with Crippen LogP contribution in [0.2, 0.25) is 5.02 Å². The van der Waals surface area contributed by atoms with Crippen molar-refractivity contribution >= 4 is 29.0 Å². The van der Waals surface area contributed by atoms with Gasteiger partial charge in [0.05, 0.1) is 11.5 Å². The zero-order valence-corrected chi connectivity index (χ0v) is 16.5. The lowest BCUT2D eigenvalue weighted by molar-refractivity contribution is -0.384. The maximum Gasteiger partial charge on any atom is 0.324 e. The van der Waals surface area contributed by atoms with Crippen LogP contribution in [0.15, 0.2) is 78.9 Å².